The first-order valence-electron chi connectivity index (χ1n) is 7.65. The maximum atomic E-state index is 14.1. The molecule has 2 nitrogen and oxygen atoms in total. The molecule has 0 heterocycles. The van der Waals surface area contributed by atoms with Gasteiger partial charge in [-0.2, -0.15) is 0 Å². The summed E-state index contributed by atoms with van der Waals surface area (Å²) >= 11 is 0. The van der Waals surface area contributed by atoms with E-state index in [-0.39, 0.29) is 18.0 Å². The largest absolute Gasteiger partial charge is 0.487 e. The van der Waals surface area contributed by atoms with Crippen LogP contribution in [0.15, 0.2) is 18.2 Å². The first-order valence-corrected chi connectivity index (χ1v) is 7.65. The summed E-state index contributed by atoms with van der Waals surface area (Å²) in [6.45, 7) is 6.42. The molecule has 20 heavy (non-hydrogen) atoms. The highest BCUT2D eigenvalue weighted by Gasteiger charge is 2.26. The lowest BCUT2D eigenvalue weighted by Gasteiger charge is -2.32. The molecule has 2 rings (SSSR count). The van der Waals surface area contributed by atoms with E-state index >= 15 is 0 Å². The minimum atomic E-state index is -0.269. The summed E-state index contributed by atoms with van der Waals surface area (Å²) in [6, 6.07) is 5.11. The fraction of sp³-hybridized carbons (Fsp3) is 0.647. The van der Waals surface area contributed by atoms with Crippen molar-refractivity contribution in [3.63, 3.8) is 0 Å². The second-order valence-electron chi connectivity index (χ2n) is 6.57. The van der Waals surface area contributed by atoms with Gasteiger partial charge in [0.1, 0.15) is 0 Å². The zero-order chi connectivity index (χ0) is 14.7. The number of rotatable bonds is 4. The van der Waals surface area contributed by atoms with Crippen LogP contribution >= 0.6 is 0 Å². The summed E-state index contributed by atoms with van der Waals surface area (Å²) in [5, 5.41) is 0. The van der Waals surface area contributed by atoms with Crippen LogP contribution in [0.3, 0.4) is 0 Å². The van der Waals surface area contributed by atoms with E-state index in [0.29, 0.717) is 24.0 Å². The summed E-state index contributed by atoms with van der Waals surface area (Å²) in [4.78, 5) is 0. The van der Waals surface area contributed by atoms with Crippen molar-refractivity contribution >= 4 is 0 Å². The van der Waals surface area contributed by atoms with E-state index in [0.717, 1.165) is 18.4 Å². The van der Waals surface area contributed by atoms with Crippen LogP contribution < -0.4 is 10.5 Å². The Hall–Kier alpha value is -1.09. The third-order valence-corrected chi connectivity index (χ3v) is 4.01. The zero-order valence-corrected chi connectivity index (χ0v) is 12.7. The van der Waals surface area contributed by atoms with Crippen LogP contribution in [0.2, 0.25) is 0 Å². The lowest BCUT2D eigenvalue weighted by molar-refractivity contribution is 0.0959. The minimum Gasteiger partial charge on any atom is -0.487 e. The summed E-state index contributed by atoms with van der Waals surface area (Å²) in [6.07, 6.45) is 4.03. The highest BCUT2D eigenvalue weighted by Crippen LogP contribution is 2.33. The molecule has 1 aromatic rings. The standard InChI is InChI=1S/C17H26FNO/c1-11-7-12(2)9-15(8-11)20-17-14(10-13(3)19)5-4-6-16(17)18/h4-6,11-13,15H,7-10,19H2,1-3H3. The van der Waals surface area contributed by atoms with Gasteiger partial charge in [-0.1, -0.05) is 26.0 Å². The number of benzene rings is 1. The molecule has 3 atom stereocenters. The van der Waals surface area contributed by atoms with Crippen LogP contribution in [0.25, 0.3) is 0 Å². The van der Waals surface area contributed by atoms with Crippen LogP contribution in [0.5, 0.6) is 5.75 Å². The van der Waals surface area contributed by atoms with E-state index in [1.54, 1.807) is 6.07 Å². The van der Waals surface area contributed by atoms with E-state index in [9.17, 15) is 4.39 Å². The van der Waals surface area contributed by atoms with Gasteiger partial charge in [-0.15, -0.1) is 0 Å². The van der Waals surface area contributed by atoms with Crippen LogP contribution in [0.1, 0.15) is 45.6 Å². The van der Waals surface area contributed by atoms with Crippen molar-refractivity contribution in [2.75, 3.05) is 0 Å². The number of hydrogen-bond donors (Lipinski definition) is 1. The van der Waals surface area contributed by atoms with Crippen molar-refractivity contribution in [1.29, 1.82) is 0 Å². The van der Waals surface area contributed by atoms with Gasteiger partial charge in [-0.25, -0.2) is 4.39 Å². The average molecular weight is 279 g/mol. The topological polar surface area (TPSA) is 35.2 Å². The van der Waals surface area contributed by atoms with Gasteiger partial charge in [0, 0.05) is 6.04 Å². The molecule has 112 valence electrons. The molecule has 0 radical (unpaired) electrons. The summed E-state index contributed by atoms with van der Waals surface area (Å²) in [7, 11) is 0. The molecule has 0 saturated heterocycles. The van der Waals surface area contributed by atoms with Gasteiger partial charge in [0.15, 0.2) is 11.6 Å². The second-order valence-corrected chi connectivity index (χ2v) is 6.57. The van der Waals surface area contributed by atoms with Crippen molar-refractivity contribution in [3.05, 3.63) is 29.6 Å². The molecular weight excluding hydrogens is 253 g/mol. The predicted octanol–water partition coefficient (Wildman–Crippen LogP) is 3.92. The van der Waals surface area contributed by atoms with Crippen molar-refractivity contribution in [2.45, 2.75) is 58.6 Å². The highest BCUT2D eigenvalue weighted by atomic mass is 19.1. The zero-order valence-electron chi connectivity index (χ0n) is 12.7. The maximum absolute atomic E-state index is 14.1. The van der Waals surface area contributed by atoms with Crippen LogP contribution in [-0.4, -0.2) is 12.1 Å². The fourth-order valence-corrected chi connectivity index (χ4v) is 3.33. The molecule has 1 aliphatic rings. The Bertz CT molecular complexity index is 437. The minimum absolute atomic E-state index is 0.00310. The van der Waals surface area contributed by atoms with Crippen molar-refractivity contribution in [2.24, 2.45) is 17.6 Å². The highest BCUT2D eigenvalue weighted by molar-refractivity contribution is 5.35. The molecule has 0 aliphatic heterocycles. The molecule has 0 aromatic heterocycles. The Morgan fingerprint density at radius 3 is 2.50 bits per heavy atom. The van der Waals surface area contributed by atoms with Crippen LogP contribution in [0.4, 0.5) is 4.39 Å². The quantitative estimate of drug-likeness (QED) is 0.906. The van der Waals surface area contributed by atoms with Gasteiger partial charge in [-0.3, -0.25) is 0 Å². The average Bonchev–Trinajstić information content (AvgIpc) is 2.31. The predicted molar refractivity (Wildman–Crippen MR) is 80.3 cm³/mol. The van der Waals surface area contributed by atoms with Gasteiger partial charge >= 0.3 is 0 Å². The molecule has 1 aliphatic carbocycles. The molecule has 2 N–H and O–H groups in total. The first-order chi connectivity index (χ1) is 9.45. The lowest BCUT2D eigenvalue weighted by atomic mass is 9.82. The number of para-hydroxylation sites is 1. The smallest absolute Gasteiger partial charge is 0.165 e. The van der Waals surface area contributed by atoms with Gasteiger partial charge in [0.2, 0.25) is 0 Å². The SMILES string of the molecule is CC(N)Cc1cccc(F)c1OC1CC(C)CC(C)C1. The van der Waals surface area contributed by atoms with E-state index in [1.165, 1.54) is 12.5 Å². The summed E-state index contributed by atoms with van der Waals surface area (Å²) in [5.41, 5.74) is 6.72. The fourth-order valence-electron chi connectivity index (χ4n) is 3.33. The van der Waals surface area contributed by atoms with Crippen molar-refractivity contribution in [3.8, 4) is 5.75 Å². The molecule has 0 bridgehead atoms. The number of halogens is 1. The van der Waals surface area contributed by atoms with Crippen molar-refractivity contribution < 1.29 is 9.13 Å². The number of hydrogen-bond acceptors (Lipinski definition) is 2. The van der Waals surface area contributed by atoms with Gasteiger partial charge in [0.05, 0.1) is 6.10 Å². The van der Waals surface area contributed by atoms with Gasteiger partial charge in [0.25, 0.3) is 0 Å². The Balaban J connectivity index is 2.15. The summed E-state index contributed by atoms with van der Waals surface area (Å²) < 4.78 is 20.1. The van der Waals surface area contributed by atoms with Crippen LogP contribution in [-0.2, 0) is 6.42 Å². The van der Waals surface area contributed by atoms with E-state index < -0.39 is 0 Å². The normalized spacial score (nSPS) is 28.1. The van der Waals surface area contributed by atoms with Crippen molar-refractivity contribution in [1.82, 2.24) is 0 Å². The lowest BCUT2D eigenvalue weighted by Crippen LogP contribution is -2.29. The Kier molecular flexibility index (Phi) is 5.03. The molecule has 3 unspecified atom stereocenters. The molecule has 1 saturated carbocycles. The Labute approximate surface area is 121 Å². The second kappa shape index (κ2) is 6.57. The summed E-state index contributed by atoms with van der Waals surface area (Å²) in [5.74, 6) is 1.44. The van der Waals surface area contributed by atoms with E-state index in [4.69, 9.17) is 10.5 Å². The monoisotopic (exact) mass is 279 g/mol. The third-order valence-electron chi connectivity index (χ3n) is 4.01. The Morgan fingerprint density at radius 1 is 1.25 bits per heavy atom. The molecule has 0 amide bonds. The Morgan fingerprint density at radius 2 is 1.90 bits per heavy atom. The molecule has 1 aromatic carbocycles. The van der Waals surface area contributed by atoms with Gasteiger partial charge in [-0.05, 0) is 56.1 Å². The third kappa shape index (κ3) is 3.95. The molecule has 0 spiro atoms. The van der Waals surface area contributed by atoms with E-state index in [2.05, 4.69) is 13.8 Å². The number of ether oxygens (including phenoxy) is 1. The van der Waals surface area contributed by atoms with Crippen LogP contribution in [0, 0.1) is 17.7 Å². The first kappa shape index (κ1) is 15.3. The van der Waals surface area contributed by atoms with E-state index in [1.807, 2.05) is 13.0 Å². The molecule has 1 fully saturated rings. The van der Waals surface area contributed by atoms with Gasteiger partial charge < -0.3 is 10.5 Å². The molecular formula is C17H26FNO. The number of nitrogens with two attached hydrogens (primary N) is 1. The molecule has 3 heteroatoms. The maximum Gasteiger partial charge on any atom is 0.165 e.